The van der Waals surface area contributed by atoms with Crippen LogP contribution in [0.2, 0.25) is 0 Å². The number of para-hydroxylation sites is 1. The van der Waals surface area contributed by atoms with E-state index >= 15 is 0 Å². The Morgan fingerprint density at radius 3 is 2.69 bits per heavy atom. The van der Waals surface area contributed by atoms with Crippen molar-refractivity contribution >= 4 is 17.1 Å². The Bertz CT molecular complexity index is 1200. The first kappa shape index (κ1) is 19.9. The van der Waals surface area contributed by atoms with Crippen LogP contribution < -0.4 is 20.7 Å². The van der Waals surface area contributed by atoms with Gasteiger partial charge in [-0.25, -0.2) is 4.79 Å². The lowest BCUT2D eigenvalue weighted by Crippen LogP contribution is -2.32. The Hall–Kier alpha value is -3.87. The molecule has 0 atom stereocenters. The van der Waals surface area contributed by atoms with Crippen molar-refractivity contribution < 1.29 is 9.47 Å². The number of allylic oxidation sites excluding steroid dienone is 1. The lowest BCUT2D eigenvalue weighted by atomic mass is 10.1. The molecule has 3 rings (SSSR count). The molecule has 1 N–H and O–H groups in total. The van der Waals surface area contributed by atoms with Crippen LogP contribution in [0.1, 0.15) is 11.1 Å². The fourth-order valence-corrected chi connectivity index (χ4v) is 2.91. The summed E-state index contributed by atoms with van der Waals surface area (Å²) in [4.78, 5) is 27.5. The van der Waals surface area contributed by atoms with Crippen molar-refractivity contribution in [1.29, 1.82) is 0 Å². The minimum absolute atomic E-state index is 0.329. The fraction of sp³-hybridized carbons (Fsp3) is 0.136. The average molecular weight is 391 g/mol. The molecule has 0 amide bonds. The molecule has 0 bridgehead atoms. The van der Waals surface area contributed by atoms with Crippen molar-refractivity contribution in [1.82, 2.24) is 9.66 Å². The number of hydrogen-bond donors (Lipinski definition) is 1. The predicted molar refractivity (Wildman–Crippen MR) is 114 cm³/mol. The van der Waals surface area contributed by atoms with Gasteiger partial charge in [-0.15, -0.1) is 11.3 Å². The van der Waals surface area contributed by atoms with E-state index in [1.54, 1.807) is 42.5 Å². The number of methoxy groups -OCH3 is 1. The van der Waals surface area contributed by atoms with E-state index in [9.17, 15) is 9.59 Å². The van der Waals surface area contributed by atoms with Crippen molar-refractivity contribution in [3.8, 4) is 11.5 Å². The van der Waals surface area contributed by atoms with Crippen LogP contribution in [0, 0.1) is 0 Å². The normalized spacial score (nSPS) is 10.9. The quantitative estimate of drug-likeness (QED) is 0.473. The number of H-pyrrole nitrogens is 1. The lowest BCUT2D eigenvalue weighted by Gasteiger charge is -2.14. The molecule has 0 aliphatic carbocycles. The first-order valence-corrected chi connectivity index (χ1v) is 8.93. The zero-order valence-electron chi connectivity index (χ0n) is 16.1. The number of hydrogen-bond acceptors (Lipinski definition) is 5. The van der Waals surface area contributed by atoms with Crippen LogP contribution in [0.4, 0.5) is 0 Å². The highest BCUT2D eigenvalue weighted by atomic mass is 16.5. The summed E-state index contributed by atoms with van der Waals surface area (Å²) >= 11 is 0. The van der Waals surface area contributed by atoms with Gasteiger partial charge in [-0.1, -0.05) is 30.9 Å². The van der Waals surface area contributed by atoms with Gasteiger partial charge in [0.2, 0.25) is 0 Å². The SMILES string of the molecule is C=CCOc1c(CC=C)cc(C=Nn2c(=O)[nH]c3ccccc3c2=O)cc1OC. The standard InChI is InChI=1S/C22H21N3O4/c1-4-8-16-12-15(13-19(28-3)20(16)29-11-5-2)14-23-25-21(26)17-9-6-7-10-18(17)24-22(25)27/h4-7,9-10,12-14H,1-2,8,11H2,3H3,(H,24,27). The van der Waals surface area contributed by atoms with Gasteiger partial charge in [0, 0.05) is 5.56 Å². The molecule has 0 radical (unpaired) electrons. The maximum absolute atomic E-state index is 12.6. The molecule has 0 spiro atoms. The summed E-state index contributed by atoms with van der Waals surface area (Å²) < 4.78 is 12.0. The van der Waals surface area contributed by atoms with Gasteiger partial charge in [-0.05, 0) is 36.2 Å². The molecule has 0 aliphatic heterocycles. The predicted octanol–water partition coefficient (Wildman–Crippen LogP) is 2.87. The summed E-state index contributed by atoms with van der Waals surface area (Å²) in [5.74, 6) is 1.09. The summed E-state index contributed by atoms with van der Waals surface area (Å²) in [5, 5.41) is 4.47. The molecule has 7 heteroatoms. The zero-order chi connectivity index (χ0) is 20.8. The van der Waals surface area contributed by atoms with E-state index in [0.29, 0.717) is 41.0 Å². The number of fused-ring (bicyclic) bond motifs is 1. The summed E-state index contributed by atoms with van der Waals surface area (Å²) in [5.41, 5.74) is 0.832. The Balaban J connectivity index is 2.07. The average Bonchev–Trinajstić information content (AvgIpc) is 2.72. The Kier molecular flexibility index (Phi) is 6.09. The number of benzene rings is 2. The Morgan fingerprint density at radius 1 is 1.17 bits per heavy atom. The number of ether oxygens (including phenoxy) is 2. The highest BCUT2D eigenvalue weighted by Crippen LogP contribution is 2.33. The Labute approximate surface area is 167 Å². The Morgan fingerprint density at radius 2 is 1.97 bits per heavy atom. The van der Waals surface area contributed by atoms with E-state index in [1.807, 2.05) is 6.07 Å². The van der Waals surface area contributed by atoms with E-state index in [-0.39, 0.29) is 0 Å². The van der Waals surface area contributed by atoms with Crippen LogP contribution in [0.15, 0.2) is 76.4 Å². The van der Waals surface area contributed by atoms with Gasteiger partial charge in [0.1, 0.15) is 6.61 Å². The largest absolute Gasteiger partial charge is 0.493 e. The van der Waals surface area contributed by atoms with E-state index < -0.39 is 11.2 Å². The van der Waals surface area contributed by atoms with Gasteiger partial charge in [-0.2, -0.15) is 5.10 Å². The van der Waals surface area contributed by atoms with E-state index in [0.717, 1.165) is 10.2 Å². The van der Waals surface area contributed by atoms with Crippen molar-refractivity contribution in [2.45, 2.75) is 6.42 Å². The first-order valence-electron chi connectivity index (χ1n) is 8.93. The molecule has 0 saturated carbocycles. The summed E-state index contributed by atoms with van der Waals surface area (Å²) in [6, 6.07) is 10.3. The molecule has 0 unspecified atom stereocenters. The fourth-order valence-electron chi connectivity index (χ4n) is 2.91. The smallest absolute Gasteiger partial charge is 0.349 e. The molecule has 2 aromatic carbocycles. The highest BCUT2D eigenvalue weighted by Gasteiger charge is 2.12. The van der Waals surface area contributed by atoms with Crippen molar-refractivity contribution in [3.05, 3.63) is 93.7 Å². The number of aromatic amines is 1. The van der Waals surface area contributed by atoms with E-state index in [2.05, 4.69) is 23.2 Å². The van der Waals surface area contributed by atoms with Crippen LogP contribution in [0.3, 0.4) is 0 Å². The molecule has 0 saturated heterocycles. The van der Waals surface area contributed by atoms with Crippen molar-refractivity contribution in [2.75, 3.05) is 13.7 Å². The third kappa shape index (κ3) is 4.19. The monoisotopic (exact) mass is 391 g/mol. The van der Waals surface area contributed by atoms with Crippen LogP contribution in [0.25, 0.3) is 10.9 Å². The number of rotatable bonds is 8. The van der Waals surface area contributed by atoms with Crippen LogP contribution in [0.5, 0.6) is 11.5 Å². The van der Waals surface area contributed by atoms with Gasteiger partial charge >= 0.3 is 5.69 Å². The van der Waals surface area contributed by atoms with E-state index in [1.165, 1.54) is 13.3 Å². The third-order valence-electron chi connectivity index (χ3n) is 4.19. The molecule has 29 heavy (non-hydrogen) atoms. The van der Waals surface area contributed by atoms with Gasteiger partial charge in [0.15, 0.2) is 11.5 Å². The van der Waals surface area contributed by atoms with Crippen LogP contribution in [-0.2, 0) is 6.42 Å². The summed E-state index contributed by atoms with van der Waals surface area (Å²) in [6.45, 7) is 7.75. The second-order valence-corrected chi connectivity index (χ2v) is 6.14. The van der Waals surface area contributed by atoms with Crippen molar-refractivity contribution in [2.24, 2.45) is 5.10 Å². The maximum atomic E-state index is 12.6. The second-order valence-electron chi connectivity index (χ2n) is 6.14. The topological polar surface area (TPSA) is 85.7 Å². The second kappa shape index (κ2) is 8.88. The molecule has 0 aliphatic rings. The lowest BCUT2D eigenvalue weighted by molar-refractivity contribution is 0.323. The first-order chi connectivity index (χ1) is 14.1. The van der Waals surface area contributed by atoms with Gasteiger partial charge in [-0.3, -0.25) is 4.79 Å². The molecular formula is C22H21N3O4. The van der Waals surface area contributed by atoms with Gasteiger partial charge in [0.25, 0.3) is 5.56 Å². The molecule has 3 aromatic rings. The number of aromatic nitrogens is 2. The molecular weight excluding hydrogens is 370 g/mol. The number of nitrogens with zero attached hydrogens (tertiary/aromatic N) is 2. The maximum Gasteiger partial charge on any atom is 0.349 e. The van der Waals surface area contributed by atoms with E-state index in [4.69, 9.17) is 9.47 Å². The molecule has 148 valence electrons. The van der Waals surface area contributed by atoms with Crippen LogP contribution >= 0.6 is 0 Å². The minimum atomic E-state index is -0.617. The molecule has 7 nitrogen and oxygen atoms in total. The minimum Gasteiger partial charge on any atom is -0.493 e. The molecule has 1 aromatic heterocycles. The molecule has 0 fully saturated rings. The summed E-state index contributed by atoms with van der Waals surface area (Å²) in [7, 11) is 1.53. The molecule has 1 heterocycles. The van der Waals surface area contributed by atoms with Gasteiger partial charge in [0.05, 0.1) is 24.2 Å². The van der Waals surface area contributed by atoms with Crippen molar-refractivity contribution in [3.63, 3.8) is 0 Å². The van der Waals surface area contributed by atoms with Gasteiger partial charge < -0.3 is 14.5 Å². The van der Waals surface area contributed by atoms with Crippen LogP contribution in [-0.4, -0.2) is 29.6 Å². The zero-order valence-corrected chi connectivity index (χ0v) is 16.1. The third-order valence-corrected chi connectivity index (χ3v) is 4.19. The summed E-state index contributed by atoms with van der Waals surface area (Å²) in [6.07, 6.45) is 5.36. The highest BCUT2D eigenvalue weighted by molar-refractivity contribution is 5.82. The number of nitrogens with one attached hydrogen (secondary N) is 1.